The summed E-state index contributed by atoms with van der Waals surface area (Å²) in [6.45, 7) is 0.913. The van der Waals surface area contributed by atoms with E-state index in [-0.39, 0.29) is 30.1 Å². The van der Waals surface area contributed by atoms with Gasteiger partial charge in [-0.25, -0.2) is 13.8 Å². The average molecular weight is 348 g/mol. The highest BCUT2D eigenvalue weighted by Gasteiger charge is 2.24. The van der Waals surface area contributed by atoms with E-state index in [4.69, 9.17) is 5.73 Å². The fourth-order valence-electron chi connectivity index (χ4n) is 2.03. The number of hydrogen-bond acceptors (Lipinski definition) is 4. The molecule has 0 bridgehead atoms. The molecule has 0 atom stereocenters. The van der Waals surface area contributed by atoms with E-state index in [0.717, 1.165) is 6.92 Å². The number of pyridine rings is 1. The molecule has 1 heterocycles. The number of nitrogens with two attached hydrogens (primary N) is 1. The molecule has 4 N–H and O–H groups in total. The molecule has 0 aliphatic carbocycles. The summed E-state index contributed by atoms with van der Waals surface area (Å²) in [6.07, 6.45) is 1.30. The van der Waals surface area contributed by atoms with Gasteiger partial charge in [-0.05, 0) is 23.8 Å². The van der Waals surface area contributed by atoms with Crippen LogP contribution in [0.2, 0.25) is 0 Å². The van der Waals surface area contributed by atoms with Crippen molar-refractivity contribution >= 4 is 17.6 Å². The van der Waals surface area contributed by atoms with Crippen molar-refractivity contribution in [3.63, 3.8) is 0 Å². The lowest BCUT2D eigenvalue weighted by Gasteiger charge is -2.12. The van der Waals surface area contributed by atoms with E-state index in [1.165, 1.54) is 36.5 Å². The number of alkyl halides is 2. The van der Waals surface area contributed by atoms with Crippen LogP contribution in [-0.4, -0.2) is 23.3 Å². The van der Waals surface area contributed by atoms with Crippen LogP contribution < -0.4 is 16.4 Å². The Kier molecular flexibility index (Phi) is 5.63. The van der Waals surface area contributed by atoms with Crippen LogP contribution in [0.4, 0.5) is 14.6 Å². The van der Waals surface area contributed by atoms with Crippen LogP contribution in [0.3, 0.4) is 0 Å². The van der Waals surface area contributed by atoms with Gasteiger partial charge in [0.25, 0.3) is 5.92 Å². The first-order valence-electron chi connectivity index (χ1n) is 7.49. The topological polar surface area (TPSA) is 97.1 Å². The first-order valence-corrected chi connectivity index (χ1v) is 7.49. The zero-order valence-electron chi connectivity index (χ0n) is 13.6. The van der Waals surface area contributed by atoms with E-state index in [1.54, 1.807) is 6.07 Å². The fraction of sp³-hybridized carbons (Fsp3) is 0.235. The molecule has 8 heteroatoms. The van der Waals surface area contributed by atoms with Crippen molar-refractivity contribution in [3.8, 4) is 0 Å². The van der Waals surface area contributed by atoms with E-state index >= 15 is 0 Å². The van der Waals surface area contributed by atoms with Crippen LogP contribution in [0.5, 0.6) is 0 Å². The number of carbonyl (C=O) groups excluding carboxylic acids is 2. The molecule has 0 aliphatic heterocycles. The summed E-state index contributed by atoms with van der Waals surface area (Å²) in [5.41, 5.74) is 5.85. The van der Waals surface area contributed by atoms with Crippen LogP contribution in [-0.2, 0) is 17.3 Å². The van der Waals surface area contributed by atoms with Crippen molar-refractivity contribution in [2.75, 3.05) is 11.9 Å². The van der Waals surface area contributed by atoms with Gasteiger partial charge in [0.15, 0.2) is 0 Å². The zero-order chi connectivity index (χ0) is 18.4. The second-order valence-electron chi connectivity index (χ2n) is 5.52. The number of aromatic nitrogens is 1. The molecule has 0 saturated carbocycles. The minimum atomic E-state index is -2.93. The first kappa shape index (κ1) is 18.3. The Balaban J connectivity index is 1.84. The highest BCUT2D eigenvalue weighted by molar-refractivity contribution is 5.92. The SMILES string of the molecule is CC(F)(F)c1cccc(CNC(=O)CNc2ccc(C(N)=O)cn2)c1. The second-order valence-corrected chi connectivity index (χ2v) is 5.52. The van der Waals surface area contributed by atoms with Crippen molar-refractivity contribution in [1.29, 1.82) is 0 Å². The number of anilines is 1. The van der Waals surface area contributed by atoms with Crippen LogP contribution >= 0.6 is 0 Å². The summed E-state index contributed by atoms with van der Waals surface area (Å²) in [5, 5.41) is 5.42. The molecular weight excluding hydrogens is 330 g/mol. The summed E-state index contributed by atoms with van der Waals surface area (Å²) in [5.74, 6) is -3.43. The molecule has 6 nitrogen and oxygen atoms in total. The third-order valence-corrected chi connectivity index (χ3v) is 3.40. The molecular formula is C17H18F2N4O2. The minimum Gasteiger partial charge on any atom is -0.366 e. The Hall–Kier alpha value is -3.03. The Bertz CT molecular complexity index is 758. The summed E-state index contributed by atoms with van der Waals surface area (Å²) < 4.78 is 26.6. The molecule has 0 spiro atoms. The number of carbonyl (C=O) groups is 2. The average Bonchev–Trinajstić information content (AvgIpc) is 2.58. The van der Waals surface area contributed by atoms with Gasteiger partial charge in [-0.1, -0.05) is 18.2 Å². The number of amides is 2. The lowest BCUT2D eigenvalue weighted by molar-refractivity contribution is -0.119. The molecule has 1 aromatic carbocycles. The number of halogens is 2. The number of primary amides is 1. The predicted molar refractivity (Wildman–Crippen MR) is 89.1 cm³/mol. The second kappa shape index (κ2) is 7.69. The van der Waals surface area contributed by atoms with E-state index in [9.17, 15) is 18.4 Å². The van der Waals surface area contributed by atoms with Crippen molar-refractivity contribution in [2.45, 2.75) is 19.4 Å². The third kappa shape index (κ3) is 5.52. The molecule has 0 fully saturated rings. The highest BCUT2D eigenvalue weighted by atomic mass is 19.3. The maximum Gasteiger partial charge on any atom is 0.270 e. The van der Waals surface area contributed by atoms with Crippen molar-refractivity contribution < 1.29 is 18.4 Å². The Labute approximate surface area is 143 Å². The molecule has 1 aromatic heterocycles. The normalized spacial score (nSPS) is 11.0. The molecule has 2 rings (SSSR count). The van der Waals surface area contributed by atoms with Crippen molar-refractivity contribution in [3.05, 3.63) is 59.3 Å². The first-order chi connectivity index (χ1) is 11.8. The maximum absolute atomic E-state index is 13.3. The van der Waals surface area contributed by atoms with Gasteiger partial charge in [0.1, 0.15) is 5.82 Å². The van der Waals surface area contributed by atoms with Crippen LogP contribution in [0.1, 0.15) is 28.4 Å². The fourth-order valence-corrected chi connectivity index (χ4v) is 2.03. The zero-order valence-corrected chi connectivity index (χ0v) is 13.6. The molecule has 0 radical (unpaired) electrons. The lowest BCUT2D eigenvalue weighted by atomic mass is 10.1. The molecule has 132 valence electrons. The standard InChI is InChI=1S/C17H18F2N4O2/c1-17(18,19)13-4-2-3-11(7-13)8-23-15(24)10-22-14-6-5-12(9-21-14)16(20)25/h2-7,9H,8,10H2,1H3,(H2,20,25)(H,21,22)(H,23,24). The number of nitrogens with one attached hydrogen (secondary N) is 2. The van der Waals surface area contributed by atoms with Crippen LogP contribution in [0.25, 0.3) is 0 Å². The predicted octanol–water partition coefficient (Wildman–Crippen LogP) is 2.02. The monoisotopic (exact) mass is 348 g/mol. The third-order valence-electron chi connectivity index (χ3n) is 3.40. The van der Waals surface area contributed by atoms with Crippen LogP contribution in [0.15, 0.2) is 42.6 Å². The molecule has 2 aromatic rings. The van der Waals surface area contributed by atoms with E-state index in [1.807, 2.05) is 0 Å². The van der Waals surface area contributed by atoms with Gasteiger partial charge in [0, 0.05) is 25.2 Å². The van der Waals surface area contributed by atoms with E-state index < -0.39 is 11.8 Å². The number of rotatable bonds is 7. The highest BCUT2D eigenvalue weighted by Crippen LogP contribution is 2.27. The van der Waals surface area contributed by atoms with Crippen molar-refractivity contribution in [2.24, 2.45) is 5.73 Å². The summed E-state index contributed by atoms with van der Waals surface area (Å²) in [4.78, 5) is 26.7. The number of hydrogen-bond donors (Lipinski definition) is 3. The quantitative estimate of drug-likeness (QED) is 0.713. The summed E-state index contributed by atoms with van der Waals surface area (Å²) in [7, 11) is 0. The molecule has 0 unspecified atom stereocenters. The van der Waals surface area contributed by atoms with Gasteiger partial charge >= 0.3 is 0 Å². The smallest absolute Gasteiger partial charge is 0.270 e. The largest absolute Gasteiger partial charge is 0.366 e. The van der Waals surface area contributed by atoms with Gasteiger partial charge in [-0.2, -0.15) is 0 Å². The maximum atomic E-state index is 13.3. The Morgan fingerprint density at radius 3 is 2.60 bits per heavy atom. The Morgan fingerprint density at radius 1 is 1.24 bits per heavy atom. The lowest BCUT2D eigenvalue weighted by Crippen LogP contribution is -2.29. The van der Waals surface area contributed by atoms with Gasteiger partial charge in [-0.3, -0.25) is 9.59 Å². The molecule has 2 amide bonds. The van der Waals surface area contributed by atoms with E-state index in [2.05, 4.69) is 15.6 Å². The number of benzene rings is 1. The van der Waals surface area contributed by atoms with Crippen molar-refractivity contribution in [1.82, 2.24) is 10.3 Å². The molecule has 0 saturated heterocycles. The Morgan fingerprint density at radius 2 is 2.00 bits per heavy atom. The molecule has 25 heavy (non-hydrogen) atoms. The summed E-state index contributed by atoms with van der Waals surface area (Å²) >= 11 is 0. The minimum absolute atomic E-state index is 0.0491. The van der Waals surface area contributed by atoms with Gasteiger partial charge < -0.3 is 16.4 Å². The van der Waals surface area contributed by atoms with Gasteiger partial charge in [0.05, 0.1) is 12.1 Å². The summed E-state index contributed by atoms with van der Waals surface area (Å²) in [6, 6.07) is 8.90. The van der Waals surface area contributed by atoms with E-state index in [0.29, 0.717) is 11.4 Å². The van der Waals surface area contributed by atoms with Gasteiger partial charge in [0.2, 0.25) is 11.8 Å². The van der Waals surface area contributed by atoms with Gasteiger partial charge in [-0.15, -0.1) is 0 Å². The molecule has 0 aliphatic rings. The van der Waals surface area contributed by atoms with Crippen LogP contribution in [0, 0.1) is 0 Å². The number of nitrogens with zero attached hydrogens (tertiary/aromatic N) is 1.